The average Bonchev–Trinajstić information content (AvgIpc) is 2.71. The van der Waals surface area contributed by atoms with Crippen molar-refractivity contribution in [1.29, 1.82) is 0 Å². The summed E-state index contributed by atoms with van der Waals surface area (Å²) in [4.78, 5) is 0. The van der Waals surface area contributed by atoms with Crippen molar-refractivity contribution < 1.29 is 22.6 Å². The molecule has 0 aliphatic carbocycles. The van der Waals surface area contributed by atoms with Gasteiger partial charge in [-0.3, -0.25) is 0 Å². The van der Waals surface area contributed by atoms with Gasteiger partial charge in [-0.25, -0.2) is 13.2 Å². The molecule has 3 rings (SSSR count). The van der Waals surface area contributed by atoms with Crippen LogP contribution in [0, 0.1) is 17.5 Å². The number of halogens is 3. The van der Waals surface area contributed by atoms with Crippen molar-refractivity contribution in [1.82, 2.24) is 0 Å². The maximum Gasteiger partial charge on any atom is 0.167 e. The summed E-state index contributed by atoms with van der Waals surface area (Å²) in [7, 11) is 1.56. The predicted octanol–water partition coefficient (Wildman–Crippen LogP) is 6.37. The normalized spacial score (nSPS) is 19.8. The maximum absolute atomic E-state index is 14.8. The zero-order valence-corrected chi connectivity index (χ0v) is 16.4. The van der Waals surface area contributed by atoms with E-state index in [9.17, 15) is 13.2 Å². The smallest absolute Gasteiger partial charge is 0.167 e. The molecule has 2 aromatic carbocycles. The number of ether oxygens (including phenoxy) is 2. The predicted molar refractivity (Wildman–Crippen MR) is 104 cm³/mol. The zero-order valence-electron chi connectivity index (χ0n) is 16.4. The van der Waals surface area contributed by atoms with Gasteiger partial charge >= 0.3 is 0 Å². The number of aryl methyl sites for hydroxylation is 1. The molecule has 0 saturated carbocycles. The van der Waals surface area contributed by atoms with Gasteiger partial charge < -0.3 is 9.47 Å². The Balaban J connectivity index is 1.81. The molecular weight excluding hydrogens is 365 g/mol. The maximum atomic E-state index is 14.8. The van der Waals surface area contributed by atoms with Gasteiger partial charge in [0.1, 0.15) is 5.82 Å². The fourth-order valence-corrected chi connectivity index (χ4v) is 3.76. The highest BCUT2D eigenvalue weighted by Gasteiger charge is 2.27. The Bertz CT molecular complexity index is 799. The van der Waals surface area contributed by atoms with Crippen LogP contribution in [0.3, 0.4) is 0 Å². The second-order valence-corrected chi connectivity index (χ2v) is 7.37. The fraction of sp³-hybridized carbons (Fsp3) is 0.478. The van der Waals surface area contributed by atoms with Crippen molar-refractivity contribution in [2.24, 2.45) is 0 Å². The SMILES string of the molecule is CCCCCc1ccc(-c2ccc(C3CCC(OC)OC3)c(F)c2F)c(F)c1. The van der Waals surface area contributed by atoms with Gasteiger partial charge in [-0.05, 0) is 42.9 Å². The minimum absolute atomic E-state index is 0.0506. The van der Waals surface area contributed by atoms with Crippen LogP contribution in [-0.4, -0.2) is 20.0 Å². The van der Waals surface area contributed by atoms with E-state index in [2.05, 4.69) is 6.92 Å². The molecule has 0 radical (unpaired) electrons. The van der Waals surface area contributed by atoms with Crippen molar-refractivity contribution in [3.8, 4) is 11.1 Å². The third-order valence-corrected chi connectivity index (χ3v) is 5.44. The van der Waals surface area contributed by atoms with Crippen LogP contribution in [0.5, 0.6) is 0 Å². The number of hydrogen-bond acceptors (Lipinski definition) is 2. The van der Waals surface area contributed by atoms with Crippen LogP contribution in [0.1, 0.15) is 56.1 Å². The van der Waals surface area contributed by atoms with E-state index in [0.29, 0.717) is 12.8 Å². The first-order valence-corrected chi connectivity index (χ1v) is 9.96. The van der Waals surface area contributed by atoms with Crippen molar-refractivity contribution in [2.45, 2.75) is 57.7 Å². The molecule has 1 aliphatic rings. The lowest BCUT2D eigenvalue weighted by molar-refractivity contribution is -0.151. The quantitative estimate of drug-likeness (QED) is 0.510. The molecule has 1 heterocycles. The summed E-state index contributed by atoms with van der Waals surface area (Å²) in [6.45, 7) is 2.38. The van der Waals surface area contributed by atoms with Crippen molar-refractivity contribution in [2.75, 3.05) is 13.7 Å². The molecule has 0 aromatic heterocycles. The lowest BCUT2D eigenvalue weighted by Crippen LogP contribution is -2.26. The highest BCUT2D eigenvalue weighted by atomic mass is 19.2. The fourth-order valence-electron chi connectivity index (χ4n) is 3.76. The minimum atomic E-state index is -1.01. The molecule has 0 spiro atoms. The molecule has 28 heavy (non-hydrogen) atoms. The van der Waals surface area contributed by atoms with Crippen molar-refractivity contribution in [3.05, 3.63) is 58.9 Å². The van der Waals surface area contributed by atoms with Crippen LogP contribution in [0.2, 0.25) is 0 Å². The van der Waals surface area contributed by atoms with Crippen molar-refractivity contribution >= 4 is 0 Å². The zero-order chi connectivity index (χ0) is 20.1. The van der Waals surface area contributed by atoms with Gasteiger partial charge in [0, 0.05) is 24.2 Å². The Labute approximate surface area is 164 Å². The van der Waals surface area contributed by atoms with Gasteiger partial charge in [0.2, 0.25) is 0 Å². The van der Waals surface area contributed by atoms with Crippen LogP contribution < -0.4 is 0 Å². The molecule has 5 heteroatoms. The van der Waals surface area contributed by atoms with E-state index in [4.69, 9.17) is 9.47 Å². The number of methoxy groups -OCH3 is 1. The number of hydrogen-bond donors (Lipinski definition) is 0. The average molecular weight is 392 g/mol. The first-order valence-electron chi connectivity index (χ1n) is 9.96. The lowest BCUT2D eigenvalue weighted by atomic mass is 9.90. The Kier molecular flexibility index (Phi) is 7.13. The van der Waals surface area contributed by atoms with E-state index in [-0.39, 0.29) is 35.5 Å². The van der Waals surface area contributed by atoms with E-state index < -0.39 is 17.5 Å². The van der Waals surface area contributed by atoms with Crippen molar-refractivity contribution in [3.63, 3.8) is 0 Å². The monoisotopic (exact) mass is 392 g/mol. The first kappa shape index (κ1) is 20.9. The van der Waals surface area contributed by atoms with Crippen LogP contribution in [0.15, 0.2) is 30.3 Å². The molecule has 2 aromatic rings. The third-order valence-electron chi connectivity index (χ3n) is 5.44. The van der Waals surface area contributed by atoms with Crippen LogP contribution >= 0.6 is 0 Å². The second kappa shape index (κ2) is 9.57. The number of benzene rings is 2. The summed E-state index contributed by atoms with van der Waals surface area (Å²) in [5.74, 6) is -2.69. The Morgan fingerprint density at radius 1 is 1.00 bits per heavy atom. The minimum Gasteiger partial charge on any atom is -0.356 e. The van der Waals surface area contributed by atoms with Gasteiger partial charge in [-0.1, -0.05) is 44.0 Å². The summed E-state index contributed by atoms with van der Waals surface area (Å²) in [6.07, 6.45) is 4.92. The third kappa shape index (κ3) is 4.58. The summed E-state index contributed by atoms with van der Waals surface area (Å²) in [5, 5.41) is 0. The standard InChI is InChI=1S/C23H27F3O2/c1-3-4-5-6-15-7-9-18(20(24)13-15)19-11-10-17(22(25)23(19)26)16-8-12-21(27-2)28-14-16/h7,9-11,13,16,21H,3-6,8,12,14H2,1-2H3. The molecule has 0 amide bonds. The van der Waals surface area contributed by atoms with Gasteiger partial charge in [-0.2, -0.15) is 0 Å². The lowest BCUT2D eigenvalue weighted by Gasteiger charge is -2.28. The van der Waals surface area contributed by atoms with E-state index in [1.807, 2.05) is 0 Å². The molecule has 1 aliphatic heterocycles. The van der Waals surface area contributed by atoms with Crippen LogP contribution in [0.4, 0.5) is 13.2 Å². The molecule has 2 unspecified atom stereocenters. The first-order chi connectivity index (χ1) is 13.5. The molecular formula is C23H27F3O2. The largest absolute Gasteiger partial charge is 0.356 e. The number of rotatable bonds is 7. The van der Waals surface area contributed by atoms with E-state index in [0.717, 1.165) is 31.2 Å². The van der Waals surface area contributed by atoms with E-state index in [1.54, 1.807) is 25.3 Å². The molecule has 0 N–H and O–H groups in total. The second-order valence-electron chi connectivity index (χ2n) is 7.37. The van der Waals surface area contributed by atoms with E-state index >= 15 is 0 Å². The summed E-state index contributed by atoms with van der Waals surface area (Å²) < 4.78 is 54.7. The van der Waals surface area contributed by atoms with Gasteiger partial charge in [0.15, 0.2) is 17.9 Å². The summed E-state index contributed by atoms with van der Waals surface area (Å²) in [5.41, 5.74) is 1.18. The topological polar surface area (TPSA) is 18.5 Å². The Hall–Kier alpha value is -1.85. The van der Waals surface area contributed by atoms with Crippen LogP contribution in [0.25, 0.3) is 11.1 Å². The number of unbranched alkanes of at least 4 members (excludes halogenated alkanes) is 2. The van der Waals surface area contributed by atoms with Gasteiger partial charge in [0.25, 0.3) is 0 Å². The Morgan fingerprint density at radius 3 is 2.43 bits per heavy atom. The highest BCUT2D eigenvalue weighted by molar-refractivity contribution is 5.66. The van der Waals surface area contributed by atoms with E-state index in [1.165, 1.54) is 12.1 Å². The highest BCUT2D eigenvalue weighted by Crippen LogP contribution is 2.35. The van der Waals surface area contributed by atoms with Gasteiger partial charge in [0.05, 0.1) is 6.61 Å². The van der Waals surface area contributed by atoms with Crippen LogP contribution in [-0.2, 0) is 15.9 Å². The molecule has 1 saturated heterocycles. The molecule has 152 valence electrons. The summed E-state index contributed by atoms with van der Waals surface area (Å²) in [6, 6.07) is 7.77. The molecule has 0 bridgehead atoms. The summed E-state index contributed by atoms with van der Waals surface area (Å²) >= 11 is 0. The molecule has 1 fully saturated rings. The Morgan fingerprint density at radius 2 is 1.79 bits per heavy atom. The molecule has 2 nitrogen and oxygen atoms in total. The molecule has 2 atom stereocenters. The van der Waals surface area contributed by atoms with Gasteiger partial charge in [-0.15, -0.1) is 0 Å².